The standard InChI is InChI=1S/C18H30O7/c1-3-5-7-9-11-17(23,13-19)15(21)25-16(22)18(24,14-20)12-10-8-6-4-2/h9-12,19-20,23-24H,3-8,13-14H2,1-2H3/b11-9+,12-10+. The summed E-state index contributed by atoms with van der Waals surface area (Å²) >= 11 is 0. The van der Waals surface area contributed by atoms with Gasteiger partial charge in [0.15, 0.2) is 0 Å². The zero-order valence-electron chi connectivity index (χ0n) is 15.0. The normalized spacial score (nSPS) is 16.7. The molecular formula is C18H30O7. The predicted molar refractivity (Wildman–Crippen MR) is 92.5 cm³/mol. The van der Waals surface area contributed by atoms with E-state index in [2.05, 4.69) is 4.74 Å². The van der Waals surface area contributed by atoms with Gasteiger partial charge in [-0.3, -0.25) is 0 Å². The number of hydrogen-bond acceptors (Lipinski definition) is 7. The molecule has 2 atom stereocenters. The maximum atomic E-state index is 12.0. The molecule has 0 aliphatic rings. The minimum atomic E-state index is -2.38. The van der Waals surface area contributed by atoms with Gasteiger partial charge in [-0.15, -0.1) is 0 Å². The summed E-state index contributed by atoms with van der Waals surface area (Å²) in [4.78, 5) is 24.0. The number of ether oxygens (including phenoxy) is 1. The molecule has 4 N–H and O–H groups in total. The van der Waals surface area contributed by atoms with Crippen LogP contribution in [0.2, 0.25) is 0 Å². The molecule has 0 aromatic heterocycles. The van der Waals surface area contributed by atoms with E-state index in [4.69, 9.17) is 0 Å². The van der Waals surface area contributed by atoms with Gasteiger partial charge in [0, 0.05) is 0 Å². The van der Waals surface area contributed by atoms with E-state index in [9.17, 15) is 30.0 Å². The van der Waals surface area contributed by atoms with Gasteiger partial charge < -0.3 is 25.2 Å². The Morgan fingerprint density at radius 2 is 1.20 bits per heavy atom. The van der Waals surface area contributed by atoms with Crippen LogP contribution in [0.1, 0.15) is 52.4 Å². The molecule has 0 aliphatic heterocycles. The molecule has 0 heterocycles. The topological polar surface area (TPSA) is 124 Å². The minimum absolute atomic E-state index is 0.584. The van der Waals surface area contributed by atoms with Gasteiger partial charge in [0.25, 0.3) is 0 Å². The summed E-state index contributed by atoms with van der Waals surface area (Å²) in [5.41, 5.74) is -4.77. The second kappa shape index (κ2) is 11.9. The maximum Gasteiger partial charge on any atom is 0.352 e. The SMILES string of the molecule is CCCC/C=C/C(O)(CO)C(=O)OC(=O)C(O)(/C=C/CCCC)CO. The Kier molecular flexibility index (Phi) is 11.2. The van der Waals surface area contributed by atoms with Crippen molar-refractivity contribution in [3.05, 3.63) is 24.3 Å². The van der Waals surface area contributed by atoms with Crippen LogP contribution in [-0.4, -0.2) is 56.8 Å². The van der Waals surface area contributed by atoms with Gasteiger partial charge in [0.2, 0.25) is 11.2 Å². The number of unbranched alkanes of at least 4 members (excludes halogenated alkanes) is 4. The Labute approximate surface area is 148 Å². The van der Waals surface area contributed by atoms with Gasteiger partial charge >= 0.3 is 11.9 Å². The molecule has 0 aromatic rings. The van der Waals surface area contributed by atoms with Crippen LogP contribution in [0.5, 0.6) is 0 Å². The number of allylic oxidation sites excluding steroid dienone is 2. The number of aliphatic hydroxyl groups excluding tert-OH is 2. The molecule has 0 saturated heterocycles. The molecule has 0 aliphatic carbocycles. The summed E-state index contributed by atoms with van der Waals surface area (Å²) < 4.78 is 4.48. The average molecular weight is 358 g/mol. The number of carbonyl (C=O) groups is 2. The van der Waals surface area contributed by atoms with Crippen molar-refractivity contribution in [1.29, 1.82) is 0 Å². The molecule has 0 fully saturated rings. The summed E-state index contributed by atoms with van der Waals surface area (Å²) in [6.07, 6.45) is 9.81. The Bertz CT molecular complexity index is 430. The van der Waals surface area contributed by atoms with Crippen molar-refractivity contribution in [3.63, 3.8) is 0 Å². The third-order valence-corrected chi connectivity index (χ3v) is 3.61. The van der Waals surface area contributed by atoms with Crippen molar-refractivity contribution in [3.8, 4) is 0 Å². The lowest BCUT2D eigenvalue weighted by Gasteiger charge is -2.23. The zero-order valence-corrected chi connectivity index (χ0v) is 15.0. The fourth-order valence-corrected chi connectivity index (χ4v) is 1.83. The lowest BCUT2D eigenvalue weighted by molar-refractivity contribution is -0.182. The molecule has 0 rings (SSSR count). The fraction of sp³-hybridized carbons (Fsp3) is 0.667. The Hall–Kier alpha value is -1.54. The van der Waals surface area contributed by atoms with E-state index < -0.39 is 36.4 Å². The first-order valence-electron chi connectivity index (χ1n) is 8.58. The van der Waals surface area contributed by atoms with Crippen molar-refractivity contribution >= 4 is 11.9 Å². The van der Waals surface area contributed by atoms with Crippen LogP contribution in [0.3, 0.4) is 0 Å². The van der Waals surface area contributed by atoms with Crippen LogP contribution < -0.4 is 0 Å². The van der Waals surface area contributed by atoms with Gasteiger partial charge in [-0.05, 0) is 25.0 Å². The van der Waals surface area contributed by atoms with Crippen LogP contribution in [0.25, 0.3) is 0 Å². The Morgan fingerprint density at radius 1 is 0.840 bits per heavy atom. The van der Waals surface area contributed by atoms with Crippen molar-refractivity contribution in [2.45, 2.75) is 63.6 Å². The fourth-order valence-electron chi connectivity index (χ4n) is 1.83. The molecule has 25 heavy (non-hydrogen) atoms. The number of esters is 2. The summed E-state index contributed by atoms with van der Waals surface area (Å²) in [5, 5.41) is 38.7. The molecule has 0 saturated carbocycles. The van der Waals surface area contributed by atoms with Crippen molar-refractivity contribution in [1.82, 2.24) is 0 Å². The van der Waals surface area contributed by atoms with Crippen molar-refractivity contribution in [2.24, 2.45) is 0 Å². The molecule has 0 spiro atoms. The third kappa shape index (κ3) is 7.92. The molecule has 144 valence electrons. The van der Waals surface area contributed by atoms with Gasteiger partial charge in [-0.25, -0.2) is 9.59 Å². The highest BCUT2D eigenvalue weighted by Crippen LogP contribution is 2.15. The van der Waals surface area contributed by atoms with E-state index in [0.29, 0.717) is 12.8 Å². The number of hydrogen-bond donors (Lipinski definition) is 4. The average Bonchev–Trinajstić information content (AvgIpc) is 2.61. The van der Waals surface area contributed by atoms with E-state index >= 15 is 0 Å². The smallest absolute Gasteiger partial charge is 0.352 e. The lowest BCUT2D eigenvalue weighted by Crippen LogP contribution is -2.48. The highest BCUT2D eigenvalue weighted by atomic mass is 16.6. The summed E-state index contributed by atoms with van der Waals surface area (Å²) in [5.74, 6) is -2.83. The molecular weight excluding hydrogens is 328 g/mol. The van der Waals surface area contributed by atoms with Crippen LogP contribution in [0.15, 0.2) is 24.3 Å². The summed E-state index contributed by atoms with van der Waals surface area (Å²) in [6.45, 7) is 1.99. The van der Waals surface area contributed by atoms with Gasteiger partial charge in [-0.1, -0.05) is 51.7 Å². The van der Waals surface area contributed by atoms with E-state index in [0.717, 1.165) is 37.8 Å². The third-order valence-electron chi connectivity index (χ3n) is 3.61. The number of aliphatic hydroxyl groups is 4. The monoisotopic (exact) mass is 358 g/mol. The summed E-state index contributed by atoms with van der Waals surface area (Å²) in [6, 6.07) is 0. The van der Waals surface area contributed by atoms with Crippen LogP contribution in [0.4, 0.5) is 0 Å². The first-order chi connectivity index (χ1) is 11.8. The van der Waals surface area contributed by atoms with Gasteiger partial charge in [0.05, 0.1) is 13.2 Å². The molecule has 2 unspecified atom stereocenters. The van der Waals surface area contributed by atoms with Crippen LogP contribution in [0, 0.1) is 0 Å². The Morgan fingerprint density at radius 3 is 1.48 bits per heavy atom. The van der Waals surface area contributed by atoms with Crippen LogP contribution in [-0.2, 0) is 14.3 Å². The second-order valence-electron chi connectivity index (χ2n) is 5.93. The number of rotatable bonds is 12. The van der Waals surface area contributed by atoms with Crippen molar-refractivity contribution < 1.29 is 34.8 Å². The largest absolute Gasteiger partial charge is 0.392 e. The highest BCUT2D eigenvalue weighted by molar-refractivity contribution is 5.95. The quantitative estimate of drug-likeness (QED) is 0.177. The minimum Gasteiger partial charge on any atom is -0.392 e. The first-order valence-corrected chi connectivity index (χ1v) is 8.58. The zero-order chi connectivity index (χ0) is 19.3. The molecule has 0 amide bonds. The van der Waals surface area contributed by atoms with E-state index in [1.807, 2.05) is 13.8 Å². The molecule has 7 nitrogen and oxygen atoms in total. The summed E-state index contributed by atoms with van der Waals surface area (Å²) in [7, 11) is 0. The highest BCUT2D eigenvalue weighted by Gasteiger charge is 2.41. The maximum absolute atomic E-state index is 12.0. The van der Waals surface area contributed by atoms with Crippen LogP contribution >= 0.6 is 0 Å². The van der Waals surface area contributed by atoms with E-state index in [1.165, 1.54) is 12.2 Å². The Balaban J connectivity index is 4.99. The van der Waals surface area contributed by atoms with Crippen molar-refractivity contribution in [2.75, 3.05) is 13.2 Å². The van der Waals surface area contributed by atoms with E-state index in [1.54, 1.807) is 0 Å². The molecule has 0 radical (unpaired) electrons. The first kappa shape index (κ1) is 23.5. The molecule has 0 bridgehead atoms. The predicted octanol–water partition coefficient (Wildman–Crippen LogP) is 0.996. The van der Waals surface area contributed by atoms with E-state index in [-0.39, 0.29) is 0 Å². The van der Waals surface area contributed by atoms with Gasteiger partial charge in [0.1, 0.15) is 0 Å². The lowest BCUT2D eigenvalue weighted by atomic mass is 10.0. The molecule has 0 aromatic carbocycles. The molecule has 7 heteroatoms. The second-order valence-corrected chi connectivity index (χ2v) is 5.93. The van der Waals surface area contributed by atoms with Gasteiger partial charge in [-0.2, -0.15) is 0 Å². The number of carbonyl (C=O) groups excluding carboxylic acids is 2.